The highest BCUT2D eigenvalue weighted by molar-refractivity contribution is 9.10. The Bertz CT molecular complexity index is 241. The summed E-state index contributed by atoms with van der Waals surface area (Å²) < 4.78 is 12.7. The van der Waals surface area contributed by atoms with Gasteiger partial charge in [0, 0.05) is 10.5 Å². The minimum Gasteiger partial charge on any atom is -0.506 e. The van der Waals surface area contributed by atoms with E-state index >= 15 is 0 Å². The Morgan fingerprint density at radius 1 is 1.50 bits per heavy atom. The Morgan fingerprint density at radius 2 is 2.10 bits per heavy atom. The highest BCUT2D eigenvalue weighted by atomic mass is 79.9. The molecule has 0 fully saturated rings. The molecular formula is C6H5BrFNO. The molecule has 0 saturated carbocycles. The van der Waals surface area contributed by atoms with Crippen molar-refractivity contribution >= 4 is 21.6 Å². The molecule has 0 amide bonds. The van der Waals surface area contributed by atoms with Crippen LogP contribution in [0, 0.1) is 5.82 Å². The van der Waals surface area contributed by atoms with Gasteiger partial charge in [0.2, 0.25) is 0 Å². The zero-order valence-electron chi connectivity index (χ0n) is 4.94. The van der Waals surface area contributed by atoms with Crippen LogP contribution in [0.2, 0.25) is 0 Å². The summed E-state index contributed by atoms with van der Waals surface area (Å²) in [6.07, 6.45) is 0. The average molecular weight is 206 g/mol. The molecule has 0 radical (unpaired) electrons. The summed E-state index contributed by atoms with van der Waals surface area (Å²) in [5, 5.41) is 8.89. The molecule has 0 unspecified atom stereocenters. The van der Waals surface area contributed by atoms with E-state index in [4.69, 9.17) is 10.8 Å². The first-order chi connectivity index (χ1) is 4.61. The third kappa shape index (κ3) is 1.21. The van der Waals surface area contributed by atoms with Crippen molar-refractivity contribution < 1.29 is 9.50 Å². The molecule has 1 rings (SSSR count). The number of aromatic hydroxyl groups is 1. The number of hydrogen-bond donors (Lipinski definition) is 2. The Balaban J connectivity index is 3.31. The molecule has 0 saturated heterocycles. The molecule has 3 N–H and O–H groups in total. The lowest BCUT2D eigenvalue weighted by atomic mass is 10.3. The first-order valence-electron chi connectivity index (χ1n) is 2.54. The summed E-state index contributed by atoms with van der Waals surface area (Å²) in [5.41, 5.74) is 5.44. The van der Waals surface area contributed by atoms with Crippen molar-refractivity contribution in [3.05, 3.63) is 22.4 Å². The Kier molecular flexibility index (Phi) is 1.80. The Morgan fingerprint density at radius 3 is 2.60 bits per heavy atom. The maximum absolute atomic E-state index is 12.4. The highest BCUT2D eigenvalue weighted by Gasteiger charge is 2.03. The van der Waals surface area contributed by atoms with Gasteiger partial charge in [-0.05, 0) is 22.0 Å². The van der Waals surface area contributed by atoms with Gasteiger partial charge in [-0.2, -0.15) is 0 Å². The maximum Gasteiger partial charge on any atom is 0.142 e. The molecule has 0 spiro atoms. The van der Waals surface area contributed by atoms with E-state index in [-0.39, 0.29) is 11.4 Å². The van der Waals surface area contributed by atoms with Crippen LogP contribution >= 0.6 is 15.9 Å². The first-order valence-corrected chi connectivity index (χ1v) is 3.34. The lowest BCUT2D eigenvalue weighted by Gasteiger charge is -1.99. The normalized spacial score (nSPS) is 9.80. The number of nitrogen functional groups attached to an aromatic ring is 1. The quantitative estimate of drug-likeness (QED) is 0.502. The third-order valence-electron chi connectivity index (χ3n) is 1.07. The van der Waals surface area contributed by atoms with Crippen LogP contribution < -0.4 is 5.73 Å². The van der Waals surface area contributed by atoms with Crippen LogP contribution in [0.4, 0.5) is 10.1 Å². The number of nitrogens with two attached hydrogens (primary N) is 1. The Labute approximate surface area is 65.6 Å². The van der Waals surface area contributed by atoms with Crippen molar-refractivity contribution in [3.8, 4) is 5.75 Å². The molecule has 54 valence electrons. The van der Waals surface area contributed by atoms with Crippen LogP contribution in [-0.4, -0.2) is 5.11 Å². The van der Waals surface area contributed by atoms with E-state index in [0.29, 0.717) is 4.47 Å². The molecule has 0 aliphatic heterocycles. The second-order valence-electron chi connectivity index (χ2n) is 1.82. The minimum absolute atomic E-state index is 0.154. The van der Waals surface area contributed by atoms with Crippen molar-refractivity contribution in [1.29, 1.82) is 0 Å². The maximum atomic E-state index is 12.4. The van der Waals surface area contributed by atoms with E-state index in [2.05, 4.69) is 15.9 Å². The predicted octanol–water partition coefficient (Wildman–Crippen LogP) is 1.88. The molecule has 0 aliphatic carbocycles. The van der Waals surface area contributed by atoms with Crippen LogP contribution in [0.15, 0.2) is 16.6 Å². The topological polar surface area (TPSA) is 46.2 Å². The van der Waals surface area contributed by atoms with E-state index in [0.717, 1.165) is 6.07 Å². The van der Waals surface area contributed by atoms with Crippen LogP contribution in [0.1, 0.15) is 0 Å². The summed E-state index contributed by atoms with van der Waals surface area (Å²) in [5.74, 6) is -0.759. The second kappa shape index (κ2) is 2.46. The van der Waals surface area contributed by atoms with Gasteiger partial charge in [-0.15, -0.1) is 0 Å². The third-order valence-corrected chi connectivity index (χ3v) is 1.73. The van der Waals surface area contributed by atoms with Gasteiger partial charge in [-0.1, -0.05) is 0 Å². The molecule has 0 aromatic heterocycles. The zero-order chi connectivity index (χ0) is 7.72. The van der Waals surface area contributed by atoms with Crippen molar-refractivity contribution in [2.75, 3.05) is 5.73 Å². The summed E-state index contributed by atoms with van der Waals surface area (Å²) in [4.78, 5) is 0. The highest BCUT2D eigenvalue weighted by Crippen LogP contribution is 2.29. The number of halogens is 2. The SMILES string of the molecule is Nc1c(O)cc(F)cc1Br. The summed E-state index contributed by atoms with van der Waals surface area (Å²) in [6.45, 7) is 0. The fourth-order valence-corrected chi connectivity index (χ4v) is 0.993. The summed E-state index contributed by atoms with van der Waals surface area (Å²) in [7, 11) is 0. The smallest absolute Gasteiger partial charge is 0.142 e. The summed E-state index contributed by atoms with van der Waals surface area (Å²) in [6, 6.07) is 2.15. The molecule has 0 heterocycles. The van der Waals surface area contributed by atoms with Gasteiger partial charge in [-0.25, -0.2) is 4.39 Å². The molecule has 0 atom stereocenters. The number of rotatable bonds is 0. The van der Waals surface area contributed by atoms with E-state index in [1.54, 1.807) is 0 Å². The fourth-order valence-electron chi connectivity index (χ4n) is 0.571. The van der Waals surface area contributed by atoms with Crippen molar-refractivity contribution in [2.45, 2.75) is 0 Å². The van der Waals surface area contributed by atoms with Gasteiger partial charge >= 0.3 is 0 Å². The zero-order valence-corrected chi connectivity index (χ0v) is 6.52. The van der Waals surface area contributed by atoms with Crippen molar-refractivity contribution in [3.63, 3.8) is 0 Å². The number of hydrogen-bond acceptors (Lipinski definition) is 2. The first kappa shape index (κ1) is 7.34. The lowest BCUT2D eigenvalue weighted by molar-refractivity contribution is 0.471. The molecule has 1 aromatic carbocycles. The lowest BCUT2D eigenvalue weighted by Crippen LogP contribution is -1.88. The minimum atomic E-state index is -0.515. The van der Waals surface area contributed by atoms with Gasteiger partial charge in [0.15, 0.2) is 0 Å². The monoisotopic (exact) mass is 205 g/mol. The number of benzene rings is 1. The fraction of sp³-hybridized carbons (Fsp3) is 0. The van der Waals surface area contributed by atoms with Crippen LogP contribution in [0.3, 0.4) is 0 Å². The summed E-state index contributed by atoms with van der Waals surface area (Å²) >= 11 is 2.97. The van der Waals surface area contributed by atoms with Crippen molar-refractivity contribution in [1.82, 2.24) is 0 Å². The molecule has 2 nitrogen and oxygen atoms in total. The molecular weight excluding hydrogens is 201 g/mol. The Hall–Kier alpha value is -0.770. The van der Waals surface area contributed by atoms with Gasteiger partial charge in [0.05, 0.1) is 5.69 Å². The van der Waals surface area contributed by atoms with Crippen LogP contribution in [-0.2, 0) is 0 Å². The van der Waals surface area contributed by atoms with Gasteiger partial charge in [-0.3, -0.25) is 0 Å². The second-order valence-corrected chi connectivity index (χ2v) is 2.67. The van der Waals surface area contributed by atoms with Gasteiger partial charge in [0.1, 0.15) is 11.6 Å². The van der Waals surface area contributed by atoms with Crippen LogP contribution in [0.25, 0.3) is 0 Å². The van der Waals surface area contributed by atoms with Gasteiger partial charge < -0.3 is 10.8 Å². The number of phenolic OH excluding ortho intramolecular Hbond substituents is 1. The standard InChI is InChI=1S/C6H5BrFNO/c7-4-1-3(8)2-5(10)6(4)9/h1-2,10H,9H2. The number of anilines is 1. The molecule has 4 heteroatoms. The molecule has 10 heavy (non-hydrogen) atoms. The van der Waals surface area contributed by atoms with Gasteiger partial charge in [0.25, 0.3) is 0 Å². The molecule has 1 aromatic rings. The predicted molar refractivity (Wildman–Crippen MR) is 40.2 cm³/mol. The van der Waals surface area contributed by atoms with E-state index in [1.165, 1.54) is 6.07 Å². The largest absolute Gasteiger partial charge is 0.506 e. The van der Waals surface area contributed by atoms with E-state index in [9.17, 15) is 4.39 Å². The van der Waals surface area contributed by atoms with E-state index < -0.39 is 5.82 Å². The molecule has 0 bridgehead atoms. The molecule has 0 aliphatic rings. The van der Waals surface area contributed by atoms with Crippen molar-refractivity contribution in [2.24, 2.45) is 0 Å². The van der Waals surface area contributed by atoms with Crippen LogP contribution in [0.5, 0.6) is 5.75 Å². The van der Waals surface area contributed by atoms with E-state index in [1.807, 2.05) is 0 Å². The number of phenols is 1. The average Bonchev–Trinajstić information content (AvgIpc) is 1.82.